The van der Waals surface area contributed by atoms with E-state index in [1.165, 1.54) is 0 Å². The molecule has 2 aliphatic heterocycles. The van der Waals surface area contributed by atoms with Crippen LogP contribution in [0.15, 0.2) is 157 Å². The van der Waals surface area contributed by atoms with Gasteiger partial charge in [0.2, 0.25) is 0 Å². The molecule has 2 heterocycles. The van der Waals surface area contributed by atoms with Gasteiger partial charge in [0.25, 0.3) is 11.8 Å². The van der Waals surface area contributed by atoms with Crippen molar-refractivity contribution in [2.24, 2.45) is 0 Å². The Balaban J connectivity index is 1.06. The van der Waals surface area contributed by atoms with Crippen molar-refractivity contribution < 1.29 is 19.2 Å². The van der Waals surface area contributed by atoms with Crippen molar-refractivity contribution in [3.05, 3.63) is 224 Å². The van der Waals surface area contributed by atoms with Gasteiger partial charge in [-0.1, -0.05) is 172 Å². The van der Waals surface area contributed by atoms with Crippen LogP contribution in [0.3, 0.4) is 0 Å². The van der Waals surface area contributed by atoms with Crippen molar-refractivity contribution >= 4 is 58.1 Å². The highest BCUT2D eigenvalue weighted by Crippen LogP contribution is 2.47. The third kappa shape index (κ3) is 6.33. The van der Waals surface area contributed by atoms with Crippen molar-refractivity contribution in [3.8, 4) is 0 Å². The fourth-order valence-electron chi connectivity index (χ4n) is 9.42. The zero-order valence-corrected chi connectivity index (χ0v) is 34.8. The fourth-order valence-corrected chi connectivity index (χ4v) is 9.42. The highest BCUT2D eigenvalue weighted by molar-refractivity contribution is 6.30. The molecule has 62 heavy (non-hydrogen) atoms. The number of unbranched alkanes of at least 4 members (excludes halogenated alkanes) is 2. The highest BCUT2D eigenvalue weighted by atomic mass is 16.2. The summed E-state index contributed by atoms with van der Waals surface area (Å²) in [5.74, 6) is -0.250. The van der Waals surface area contributed by atoms with E-state index in [4.69, 9.17) is 0 Å². The Labute approximate surface area is 361 Å². The van der Waals surface area contributed by atoms with Crippen molar-refractivity contribution in [1.29, 1.82) is 0 Å². The molecule has 0 atom stereocenters. The molecule has 0 spiro atoms. The maximum atomic E-state index is 14.8. The molecule has 0 bridgehead atoms. The lowest BCUT2D eigenvalue weighted by molar-refractivity contribution is -0.124. The van der Waals surface area contributed by atoms with Crippen LogP contribution in [0.25, 0.3) is 34.7 Å². The molecular weight excluding hydrogens is 765 g/mol. The Kier molecular flexibility index (Phi) is 9.92. The zero-order chi connectivity index (χ0) is 42.5. The number of benzene rings is 6. The minimum Gasteiger partial charge on any atom is -0.307 e. The quantitative estimate of drug-likeness (QED) is 0.138. The van der Waals surface area contributed by atoms with Gasteiger partial charge < -0.3 is 9.80 Å². The van der Waals surface area contributed by atoms with Crippen LogP contribution < -0.4 is 0 Å². The molecule has 0 fully saturated rings. The van der Waals surface area contributed by atoms with Crippen molar-refractivity contribution in [2.45, 2.75) is 39.5 Å². The molecule has 4 aliphatic rings. The SMILES string of the molecule is CCCCN1C(=O)C2=C(c3ccc(C=C4c5ccccc5C(=O)c5ccccc54)cc3)N(CCCC)C(=O)C2=C1c1ccc(C=C2c3ccccc3C(=O)c3ccccc32)cc1. The summed E-state index contributed by atoms with van der Waals surface area (Å²) in [5, 5.41) is 0. The van der Waals surface area contributed by atoms with Gasteiger partial charge in [-0.2, -0.15) is 0 Å². The van der Waals surface area contributed by atoms with Crippen LogP contribution in [0.4, 0.5) is 0 Å². The molecular formula is C56H44N2O4. The number of rotatable bonds is 10. The maximum Gasteiger partial charge on any atom is 0.261 e. The standard InChI is InChI=1S/C56H44N2O4/c1-3-5-31-57-51(37-27-23-35(24-28-37)33-47-39-15-7-11-19-43(39)53(59)44-20-12-8-16-40(44)47)49-50(55(57)61)52(58(56(49)62)32-6-4-2)38-29-25-36(26-30-38)34-48-41-17-9-13-21-45(41)54(60)46-22-14-10-18-42(46)48/h7-30,33-34H,3-6,31-32H2,1-2H3. The Bertz CT molecular complexity index is 2690. The largest absolute Gasteiger partial charge is 0.307 e. The third-order valence-electron chi connectivity index (χ3n) is 12.5. The zero-order valence-electron chi connectivity index (χ0n) is 34.8. The number of ketones is 2. The Hall–Kier alpha value is -7.44. The molecule has 302 valence electrons. The van der Waals surface area contributed by atoms with Crippen LogP contribution in [0, 0.1) is 0 Å². The van der Waals surface area contributed by atoms with E-state index in [9.17, 15) is 19.2 Å². The first-order valence-corrected chi connectivity index (χ1v) is 21.6. The van der Waals surface area contributed by atoms with Gasteiger partial charge in [0.05, 0.1) is 22.5 Å². The molecule has 0 aromatic heterocycles. The molecule has 6 heteroatoms. The predicted molar refractivity (Wildman–Crippen MR) is 247 cm³/mol. The molecule has 0 radical (unpaired) electrons. The second-order valence-electron chi connectivity index (χ2n) is 16.3. The minimum absolute atomic E-state index is 0.0245. The summed E-state index contributed by atoms with van der Waals surface area (Å²) in [5.41, 5.74) is 14.0. The number of hydrogen-bond donors (Lipinski definition) is 0. The summed E-state index contributed by atoms with van der Waals surface area (Å²) in [4.78, 5) is 60.0. The van der Waals surface area contributed by atoms with Crippen LogP contribution in [0.1, 0.15) is 116 Å². The van der Waals surface area contributed by atoms with Crippen LogP contribution in [-0.4, -0.2) is 46.3 Å². The normalized spacial score (nSPS) is 15.2. The van der Waals surface area contributed by atoms with Crippen LogP contribution in [-0.2, 0) is 9.59 Å². The van der Waals surface area contributed by atoms with Gasteiger partial charge in [0, 0.05) is 35.3 Å². The highest BCUT2D eigenvalue weighted by Gasteiger charge is 2.48. The van der Waals surface area contributed by atoms with Gasteiger partial charge in [0.15, 0.2) is 11.6 Å². The number of nitrogens with zero attached hydrogens (tertiary/aromatic N) is 2. The summed E-state index contributed by atoms with van der Waals surface area (Å²) in [7, 11) is 0. The number of hydrogen-bond acceptors (Lipinski definition) is 4. The van der Waals surface area contributed by atoms with E-state index in [2.05, 4.69) is 26.0 Å². The predicted octanol–water partition coefficient (Wildman–Crippen LogP) is 11.4. The fraction of sp³-hybridized carbons (Fsp3) is 0.143. The topological polar surface area (TPSA) is 74.8 Å². The average molecular weight is 809 g/mol. The smallest absolute Gasteiger partial charge is 0.261 e. The minimum atomic E-state index is -0.150. The van der Waals surface area contributed by atoms with Crippen LogP contribution in [0.5, 0.6) is 0 Å². The van der Waals surface area contributed by atoms with Gasteiger partial charge in [-0.05, 0) is 80.6 Å². The van der Waals surface area contributed by atoms with E-state index in [0.29, 0.717) is 57.9 Å². The van der Waals surface area contributed by atoms with E-state index < -0.39 is 0 Å². The number of fused-ring (bicyclic) bond motifs is 5. The van der Waals surface area contributed by atoms with Crippen molar-refractivity contribution in [2.75, 3.05) is 13.1 Å². The molecule has 6 nitrogen and oxygen atoms in total. The molecule has 0 unspecified atom stereocenters. The average Bonchev–Trinajstić information content (AvgIpc) is 3.77. The molecule has 0 N–H and O–H groups in total. The van der Waals surface area contributed by atoms with Gasteiger partial charge in [-0.15, -0.1) is 0 Å². The van der Waals surface area contributed by atoms with Gasteiger partial charge in [-0.3, -0.25) is 19.2 Å². The summed E-state index contributed by atoms with van der Waals surface area (Å²) >= 11 is 0. The van der Waals surface area contributed by atoms with E-state index >= 15 is 0 Å². The van der Waals surface area contributed by atoms with E-state index in [1.807, 2.05) is 155 Å². The Morgan fingerprint density at radius 3 is 0.968 bits per heavy atom. The Morgan fingerprint density at radius 2 is 0.677 bits per heavy atom. The number of carbonyl (C=O) groups is 4. The second-order valence-corrected chi connectivity index (χ2v) is 16.3. The first-order valence-electron chi connectivity index (χ1n) is 21.6. The van der Waals surface area contributed by atoms with E-state index in [1.54, 1.807) is 0 Å². The second kappa shape index (κ2) is 15.9. The first kappa shape index (κ1) is 38.7. The summed E-state index contributed by atoms with van der Waals surface area (Å²) in [6, 6.07) is 47.1. The lowest BCUT2D eigenvalue weighted by atomic mass is 9.80. The van der Waals surface area contributed by atoms with Crippen LogP contribution >= 0.6 is 0 Å². The van der Waals surface area contributed by atoms with Crippen molar-refractivity contribution in [1.82, 2.24) is 9.80 Å². The molecule has 2 amide bonds. The molecule has 6 aromatic carbocycles. The van der Waals surface area contributed by atoms with Crippen molar-refractivity contribution in [3.63, 3.8) is 0 Å². The number of amides is 2. The lowest BCUT2D eigenvalue weighted by Crippen LogP contribution is -2.31. The van der Waals surface area contributed by atoms with E-state index in [0.717, 1.165) is 81.3 Å². The van der Waals surface area contributed by atoms with Gasteiger partial charge in [-0.25, -0.2) is 0 Å². The molecule has 6 aromatic rings. The lowest BCUT2D eigenvalue weighted by Gasteiger charge is -2.25. The summed E-state index contributed by atoms with van der Waals surface area (Å²) in [6.07, 6.45) is 7.60. The summed E-state index contributed by atoms with van der Waals surface area (Å²) in [6.45, 7) is 5.21. The monoisotopic (exact) mass is 808 g/mol. The maximum absolute atomic E-state index is 14.8. The Morgan fingerprint density at radius 1 is 0.387 bits per heavy atom. The van der Waals surface area contributed by atoms with Gasteiger partial charge in [0.1, 0.15) is 0 Å². The molecule has 2 aliphatic carbocycles. The van der Waals surface area contributed by atoms with Gasteiger partial charge >= 0.3 is 0 Å². The number of carbonyl (C=O) groups excluding carboxylic acids is 4. The molecule has 0 saturated carbocycles. The molecule has 0 saturated heterocycles. The first-order chi connectivity index (χ1) is 30.4. The van der Waals surface area contributed by atoms with Crippen LogP contribution in [0.2, 0.25) is 0 Å². The molecule has 10 rings (SSSR count). The summed E-state index contributed by atoms with van der Waals surface area (Å²) < 4.78 is 0. The van der Waals surface area contributed by atoms with E-state index in [-0.39, 0.29) is 23.4 Å². The third-order valence-corrected chi connectivity index (χ3v) is 12.5.